The number of benzene rings is 3. The van der Waals surface area contributed by atoms with Crippen molar-refractivity contribution < 1.29 is 17.6 Å². The number of hydrogen-bond donors (Lipinski definition) is 0. The summed E-state index contributed by atoms with van der Waals surface area (Å²) < 4.78 is 42.1. The molecule has 1 amide bonds. The van der Waals surface area contributed by atoms with Crippen molar-refractivity contribution in [2.45, 2.75) is 31.6 Å². The molecule has 0 N–H and O–H groups in total. The highest BCUT2D eigenvalue weighted by Gasteiger charge is 2.29. The van der Waals surface area contributed by atoms with Crippen LogP contribution in [0.1, 0.15) is 41.3 Å². The molecule has 10 heteroatoms. The Balaban J connectivity index is 1.46. The molecule has 1 aromatic heterocycles. The SMILES string of the molecule is Cc1ccc(/C=N/N(C(=O)c2ccc(S(=O)(=O)N3CCC(C)CC3)cc2)c2nc3ccc(F)cc3s2)cc1. The molecule has 0 saturated carbocycles. The largest absolute Gasteiger partial charge is 0.280 e. The first-order valence-corrected chi connectivity index (χ1v) is 14.6. The molecule has 0 radical (unpaired) electrons. The lowest BCUT2D eigenvalue weighted by atomic mass is 10.0. The van der Waals surface area contributed by atoms with E-state index >= 15 is 0 Å². The Labute approximate surface area is 225 Å². The van der Waals surface area contributed by atoms with Crippen LogP contribution in [-0.4, -0.2) is 42.9 Å². The number of amides is 1. The van der Waals surface area contributed by atoms with Gasteiger partial charge >= 0.3 is 0 Å². The van der Waals surface area contributed by atoms with Gasteiger partial charge in [0.05, 0.1) is 21.3 Å². The van der Waals surface area contributed by atoms with Crippen LogP contribution in [0.4, 0.5) is 9.52 Å². The van der Waals surface area contributed by atoms with Crippen LogP contribution in [0.2, 0.25) is 0 Å². The number of nitrogens with zero attached hydrogens (tertiary/aromatic N) is 4. The molecule has 196 valence electrons. The van der Waals surface area contributed by atoms with Gasteiger partial charge in [0, 0.05) is 18.7 Å². The highest BCUT2D eigenvalue weighted by Crippen LogP contribution is 2.31. The Bertz CT molecular complexity index is 1590. The van der Waals surface area contributed by atoms with Gasteiger partial charge in [-0.3, -0.25) is 4.79 Å². The summed E-state index contributed by atoms with van der Waals surface area (Å²) in [6.45, 7) is 5.08. The molecule has 3 aromatic carbocycles. The monoisotopic (exact) mass is 550 g/mol. The zero-order chi connectivity index (χ0) is 26.9. The first-order chi connectivity index (χ1) is 18.2. The molecule has 4 aromatic rings. The van der Waals surface area contributed by atoms with Gasteiger partial charge in [-0.05, 0) is 73.7 Å². The number of sulfonamides is 1. The summed E-state index contributed by atoms with van der Waals surface area (Å²) in [6.07, 6.45) is 3.21. The molecule has 1 aliphatic heterocycles. The quantitative estimate of drug-likeness (QED) is 0.223. The van der Waals surface area contributed by atoms with Crippen molar-refractivity contribution in [2.75, 3.05) is 18.1 Å². The predicted octanol–water partition coefficient (Wildman–Crippen LogP) is 5.85. The average Bonchev–Trinajstić information content (AvgIpc) is 3.33. The van der Waals surface area contributed by atoms with E-state index in [0.29, 0.717) is 29.2 Å². The number of hydrazone groups is 1. The van der Waals surface area contributed by atoms with Crippen LogP contribution < -0.4 is 5.01 Å². The van der Waals surface area contributed by atoms with Gasteiger partial charge in [-0.15, -0.1) is 0 Å². The number of thiazole rings is 1. The fourth-order valence-corrected chi connectivity index (χ4v) is 6.63. The molecule has 5 rings (SSSR count). The number of carbonyl (C=O) groups excluding carboxylic acids is 1. The molecule has 0 unspecified atom stereocenters. The molecule has 1 aliphatic rings. The van der Waals surface area contributed by atoms with Crippen LogP contribution in [0.3, 0.4) is 0 Å². The van der Waals surface area contributed by atoms with Crippen molar-refractivity contribution in [3.05, 3.63) is 89.2 Å². The highest BCUT2D eigenvalue weighted by molar-refractivity contribution is 7.89. The van der Waals surface area contributed by atoms with Crippen LogP contribution in [0.25, 0.3) is 10.2 Å². The molecule has 7 nitrogen and oxygen atoms in total. The topological polar surface area (TPSA) is 82.9 Å². The van der Waals surface area contributed by atoms with E-state index < -0.39 is 21.7 Å². The van der Waals surface area contributed by atoms with E-state index in [1.807, 2.05) is 31.2 Å². The van der Waals surface area contributed by atoms with E-state index in [4.69, 9.17) is 0 Å². The molecular formula is C28H27FN4O3S2. The summed E-state index contributed by atoms with van der Waals surface area (Å²) in [6, 6.07) is 17.8. The van der Waals surface area contributed by atoms with Crippen LogP contribution in [0, 0.1) is 18.7 Å². The summed E-state index contributed by atoms with van der Waals surface area (Å²) >= 11 is 1.14. The van der Waals surface area contributed by atoms with Crippen LogP contribution in [-0.2, 0) is 10.0 Å². The van der Waals surface area contributed by atoms with E-state index in [1.54, 1.807) is 12.3 Å². The van der Waals surface area contributed by atoms with Crippen molar-refractivity contribution in [3.63, 3.8) is 0 Å². The standard InChI is InChI=1S/C28H27FN4O3S2/c1-19-3-5-21(6-4-19)18-30-33(28-31-25-12-9-23(29)17-26(25)37-28)27(34)22-7-10-24(11-8-22)38(35,36)32-15-13-20(2)14-16-32/h3-12,17-18,20H,13-16H2,1-2H3/b30-18+. The van der Waals surface area contributed by atoms with Gasteiger partial charge in [-0.25, -0.2) is 17.8 Å². The normalized spacial score (nSPS) is 15.3. The second kappa shape index (κ2) is 10.7. The Morgan fingerprint density at radius 1 is 1.08 bits per heavy atom. The van der Waals surface area contributed by atoms with Crippen molar-refractivity contribution in [1.82, 2.24) is 9.29 Å². The summed E-state index contributed by atoms with van der Waals surface area (Å²) in [5.41, 5.74) is 2.69. The lowest BCUT2D eigenvalue weighted by Crippen LogP contribution is -2.37. The number of rotatable bonds is 6. The molecule has 0 aliphatic carbocycles. The lowest BCUT2D eigenvalue weighted by Gasteiger charge is -2.29. The minimum absolute atomic E-state index is 0.147. The van der Waals surface area contributed by atoms with Crippen LogP contribution >= 0.6 is 11.3 Å². The highest BCUT2D eigenvalue weighted by atomic mass is 32.2. The summed E-state index contributed by atoms with van der Waals surface area (Å²) in [5, 5.41) is 5.87. The van der Waals surface area contributed by atoms with E-state index in [9.17, 15) is 17.6 Å². The van der Waals surface area contributed by atoms with E-state index in [1.165, 1.54) is 40.7 Å². The molecule has 0 atom stereocenters. The molecule has 1 fully saturated rings. The van der Waals surface area contributed by atoms with E-state index in [-0.39, 0.29) is 15.6 Å². The zero-order valence-corrected chi connectivity index (χ0v) is 22.7. The summed E-state index contributed by atoms with van der Waals surface area (Å²) in [5.74, 6) is -0.371. The third-order valence-corrected chi connectivity index (χ3v) is 9.50. The second-order valence-corrected chi connectivity index (χ2v) is 12.4. The first-order valence-electron chi connectivity index (χ1n) is 12.3. The number of carbonyl (C=O) groups is 1. The molecule has 38 heavy (non-hydrogen) atoms. The van der Waals surface area contributed by atoms with Gasteiger partial charge in [0.25, 0.3) is 5.91 Å². The minimum Gasteiger partial charge on any atom is -0.267 e. The number of halogens is 1. The summed E-state index contributed by atoms with van der Waals surface area (Å²) in [4.78, 5) is 18.2. The van der Waals surface area contributed by atoms with Gasteiger partial charge < -0.3 is 0 Å². The number of fused-ring (bicyclic) bond motifs is 1. The second-order valence-electron chi connectivity index (χ2n) is 9.49. The van der Waals surface area contributed by atoms with E-state index in [0.717, 1.165) is 40.3 Å². The van der Waals surface area contributed by atoms with Gasteiger partial charge in [0.2, 0.25) is 15.2 Å². The number of piperidine rings is 1. The zero-order valence-electron chi connectivity index (χ0n) is 21.0. The average molecular weight is 551 g/mol. The number of hydrogen-bond acceptors (Lipinski definition) is 6. The van der Waals surface area contributed by atoms with Crippen LogP contribution in [0.15, 0.2) is 76.7 Å². The maximum atomic E-state index is 13.8. The van der Waals surface area contributed by atoms with Crippen molar-refractivity contribution in [2.24, 2.45) is 11.0 Å². The summed E-state index contributed by atoms with van der Waals surface area (Å²) in [7, 11) is -3.64. The van der Waals surface area contributed by atoms with Crippen LogP contribution in [0.5, 0.6) is 0 Å². The molecular weight excluding hydrogens is 523 g/mol. The smallest absolute Gasteiger partial charge is 0.267 e. The Hall–Kier alpha value is -3.47. The fourth-order valence-electron chi connectivity index (χ4n) is 4.21. The molecule has 2 heterocycles. The maximum absolute atomic E-state index is 13.8. The Morgan fingerprint density at radius 3 is 2.45 bits per heavy atom. The van der Waals surface area contributed by atoms with Crippen molar-refractivity contribution in [3.8, 4) is 0 Å². The first kappa shape index (κ1) is 26.1. The molecule has 0 spiro atoms. The molecule has 1 saturated heterocycles. The van der Waals surface area contributed by atoms with Gasteiger partial charge in [0.1, 0.15) is 5.82 Å². The van der Waals surface area contributed by atoms with Gasteiger partial charge in [-0.2, -0.15) is 14.4 Å². The number of aromatic nitrogens is 1. The van der Waals surface area contributed by atoms with Gasteiger partial charge in [-0.1, -0.05) is 48.1 Å². The Morgan fingerprint density at radius 2 is 1.76 bits per heavy atom. The lowest BCUT2D eigenvalue weighted by molar-refractivity contribution is 0.0987. The third kappa shape index (κ3) is 5.52. The third-order valence-electron chi connectivity index (χ3n) is 6.59. The predicted molar refractivity (Wildman–Crippen MR) is 149 cm³/mol. The maximum Gasteiger partial charge on any atom is 0.280 e. The number of anilines is 1. The Kier molecular flexibility index (Phi) is 7.38. The van der Waals surface area contributed by atoms with Crippen molar-refractivity contribution in [1.29, 1.82) is 0 Å². The minimum atomic E-state index is -3.64. The number of aryl methyl sites for hydroxylation is 1. The van der Waals surface area contributed by atoms with Gasteiger partial charge in [0.15, 0.2) is 0 Å². The van der Waals surface area contributed by atoms with Crippen molar-refractivity contribution >= 4 is 48.8 Å². The molecule has 0 bridgehead atoms. The van der Waals surface area contributed by atoms with E-state index in [2.05, 4.69) is 17.0 Å². The fraction of sp³-hybridized carbons (Fsp3) is 0.250.